The van der Waals surface area contributed by atoms with E-state index >= 15 is 0 Å². The lowest BCUT2D eigenvalue weighted by atomic mass is 10.1. The largest absolute Gasteiger partial charge is 0.344 e. The summed E-state index contributed by atoms with van der Waals surface area (Å²) in [5.74, 6) is -0.435. The first-order valence-electron chi connectivity index (χ1n) is 4.14. The van der Waals surface area contributed by atoms with Gasteiger partial charge in [0.05, 0.1) is 13.2 Å². The second kappa shape index (κ2) is 3.37. The molecule has 0 bridgehead atoms. The van der Waals surface area contributed by atoms with Crippen LogP contribution in [0, 0.1) is 0 Å². The molecule has 0 radical (unpaired) electrons. The van der Waals surface area contributed by atoms with Gasteiger partial charge in [-0.25, -0.2) is 0 Å². The Morgan fingerprint density at radius 2 is 2.00 bits per heavy atom. The molecule has 1 rings (SSSR count). The van der Waals surface area contributed by atoms with Gasteiger partial charge in [0.2, 0.25) is 0 Å². The van der Waals surface area contributed by atoms with E-state index in [1.165, 1.54) is 5.57 Å². The summed E-state index contributed by atoms with van der Waals surface area (Å²) in [4.78, 5) is 0. The summed E-state index contributed by atoms with van der Waals surface area (Å²) < 4.78 is 10.9. The van der Waals surface area contributed by atoms with Crippen LogP contribution in [0.15, 0.2) is 11.6 Å². The first kappa shape index (κ1) is 8.75. The molecular formula is C9H16O2. The molecule has 2 heteroatoms. The third-order valence-corrected chi connectivity index (χ3v) is 2.06. The smallest absolute Gasteiger partial charge is 0.187 e. The van der Waals surface area contributed by atoms with Crippen LogP contribution in [0.5, 0.6) is 0 Å². The fraction of sp³-hybridized carbons (Fsp3) is 0.778. The quantitative estimate of drug-likeness (QED) is 0.570. The molecule has 2 nitrogen and oxygen atoms in total. The highest BCUT2D eigenvalue weighted by atomic mass is 16.7. The zero-order valence-corrected chi connectivity index (χ0v) is 7.52. The van der Waals surface area contributed by atoms with Crippen molar-refractivity contribution in [2.75, 3.05) is 13.2 Å². The van der Waals surface area contributed by atoms with Crippen LogP contribution < -0.4 is 0 Å². The van der Waals surface area contributed by atoms with Crippen LogP contribution in [-0.4, -0.2) is 19.0 Å². The maximum atomic E-state index is 5.46. The summed E-state index contributed by atoms with van der Waals surface area (Å²) in [6.07, 6.45) is 3.18. The first-order chi connectivity index (χ1) is 5.19. The monoisotopic (exact) mass is 156 g/mol. The molecule has 0 saturated carbocycles. The van der Waals surface area contributed by atoms with Gasteiger partial charge in [-0.1, -0.05) is 13.0 Å². The Bertz CT molecular complexity index is 155. The van der Waals surface area contributed by atoms with Gasteiger partial charge in [0, 0.05) is 0 Å². The molecule has 0 atom stereocenters. The fourth-order valence-electron chi connectivity index (χ4n) is 1.23. The average molecular weight is 156 g/mol. The van der Waals surface area contributed by atoms with Gasteiger partial charge < -0.3 is 9.47 Å². The number of ether oxygens (including phenoxy) is 2. The first-order valence-corrected chi connectivity index (χ1v) is 4.14. The van der Waals surface area contributed by atoms with Crippen LogP contribution in [0.25, 0.3) is 0 Å². The van der Waals surface area contributed by atoms with Gasteiger partial charge in [-0.3, -0.25) is 0 Å². The van der Waals surface area contributed by atoms with Crippen molar-refractivity contribution >= 4 is 0 Å². The van der Waals surface area contributed by atoms with E-state index in [1.54, 1.807) is 0 Å². The fourth-order valence-corrected chi connectivity index (χ4v) is 1.23. The molecule has 1 saturated heterocycles. The lowest BCUT2D eigenvalue weighted by Gasteiger charge is -2.23. The van der Waals surface area contributed by atoms with Gasteiger partial charge in [0.1, 0.15) is 0 Å². The summed E-state index contributed by atoms with van der Waals surface area (Å²) >= 11 is 0. The lowest BCUT2D eigenvalue weighted by Crippen LogP contribution is -2.26. The molecule has 1 heterocycles. The molecule has 0 N–H and O–H groups in total. The van der Waals surface area contributed by atoms with E-state index in [9.17, 15) is 0 Å². The third-order valence-electron chi connectivity index (χ3n) is 2.06. The van der Waals surface area contributed by atoms with Crippen LogP contribution >= 0.6 is 0 Å². The molecular weight excluding hydrogens is 140 g/mol. The standard InChI is InChI=1S/C9H16O2/c1-4-5-8(2)9(3)10-6-7-11-9/h5H,4,6-7H2,1-3H3/b8-5+. The lowest BCUT2D eigenvalue weighted by molar-refractivity contribution is -0.110. The van der Waals surface area contributed by atoms with E-state index in [-0.39, 0.29) is 0 Å². The number of rotatable bonds is 2. The summed E-state index contributed by atoms with van der Waals surface area (Å²) in [6, 6.07) is 0. The molecule has 0 aromatic rings. The molecule has 64 valence electrons. The minimum absolute atomic E-state index is 0.435. The molecule has 0 aromatic heterocycles. The van der Waals surface area contributed by atoms with Crippen LogP contribution in [-0.2, 0) is 9.47 Å². The zero-order chi connectivity index (χ0) is 8.32. The maximum Gasteiger partial charge on any atom is 0.187 e. The third kappa shape index (κ3) is 1.82. The summed E-state index contributed by atoms with van der Waals surface area (Å²) in [6.45, 7) is 7.56. The average Bonchev–Trinajstić information content (AvgIpc) is 2.38. The van der Waals surface area contributed by atoms with Crippen LogP contribution in [0.3, 0.4) is 0 Å². The van der Waals surface area contributed by atoms with E-state index < -0.39 is 5.79 Å². The highest BCUT2D eigenvalue weighted by Gasteiger charge is 2.32. The Hall–Kier alpha value is -0.340. The van der Waals surface area contributed by atoms with Gasteiger partial charge in [0.25, 0.3) is 0 Å². The molecule has 0 aliphatic carbocycles. The highest BCUT2D eigenvalue weighted by molar-refractivity contribution is 5.09. The molecule has 1 aliphatic rings. The molecule has 0 aromatic carbocycles. The number of hydrogen-bond acceptors (Lipinski definition) is 2. The second-order valence-electron chi connectivity index (χ2n) is 2.94. The molecule has 11 heavy (non-hydrogen) atoms. The van der Waals surface area contributed by atoms with Crippen molar-refractivity contribution in [2.24, 2.45) is 0 Å². The summed E-state index contributed by atoms with van der Waals surface area (Å²) in [5.41, 5.74) is 1.18. The second-order valence-corrected chi connectivity index (χ2v) is 2.94. The predicted molar refractivity (Wildman–Crippen MR) is 44.4 cm³/mol. The Labute approximate surface area is 68.2 Å². The molecule has 1 aliphatic heterocycles. The van der Waals surface area contributed by atoms with Crippen molar-refractivity contribution in [3.05, 3.63) is 11.6 Å². The maximum absolute atomic E-state index is 5.46. The van der Waals surface area contributed by atoms with Gasteiger partial charge in [-0.15, -0.1) is 0 Å². The van der Waals surface area contributed by atoms with Gasteiger partial charge in [-0.05, 0) is 25.8 Å². The number of hydrogen-bond donors (Lipinski definition) is 0. The Morgan fingerprint density at radius 3 is 2.45 bits per heavy atom. The Morgan fingerprint density at radius 1 is 1.45 bits per heavy atom. The van der Waals surface area contributed by atoms with Gasteiger partial charge >= 0.3 is 0 Å². The van der Waals surface area contributed by atoms with E-state index in [2.05, 4.69) is 19.9 Å². The zero-order valence-electron chi connectivity index (χ0n) is 7.52. The van der Waals surface area contributed by atoms with Crippen molar-refractivity contribution in [1.29, 1.82) is 0 Å². The Balaban J connectivity index is 2.63. The molecule has 0 unspecified atom stereocenters. The van der Waals surface area contributed by atoms with Crippen LogP contribution in [0.2, 0.25) is 0 Å². The van der Waals surface area contributed by atoms with Gasteiger partial charge in [-0.2, -0.15) is 0 Å². The Kier molecular flexibility index (Phi) is 2.68. The summed E-state index contributed by atoms with van der Waals surface area (Å²) in [5, 5.41) is 0. The van der Waals surface area contributed by atoms with Gasteiger partial charge in [0.15, 0.2) is 5.79 Å². The topological polar surface area (TPSA) is 18.5 Å². The SMILES string of the molecule is CC/C=C(\C)C1(C)OCCO1. The van der Waals surface area contributed by atoms with Crippen molar-refractivity contribution < 1.29 is 9.47 Å². The van der Waals surface area contributed by atoms with E-state index in [4.69, 9.17) is 9.47 Å². The number of allylic oxidation sites excluding steroid dienone is 1. The highest BCUT2D eigenvalue weighted by Crippen LogP contribution is 2.26. The van der Waals surface area contributed by atoms with Crippen molar-refractivity contribution in [3.8, 4) is 0 Å². The molecule has 0 spiro atoms. The van der Waals surface area contributed by atoms with Crippen molar-refractivity contribution in [3.63, 3.8) is 0 Å². The van der Waals surface area contributed by atoms with E-state index in [1.807, 2.05) is 6.92 Å². The minimum atomic E-state index is -0.435. The van der Waals surface area contributed by atoms with Crippen LogP contribution in [0.4, 0.5) is 0 Å². The summed E-state index contributed by atoms with van der Waals surface area (Å²) in [7, 11) is 0. The molecule has 0 amide bonds. The van der Waals surface area contributed by atoms with E-state index in [0.29, 0.717) is 13.2 Å². The van der Waals surface area contributed by atoms with E-state index in [0.717, 1.165) is 6.42 Å². The minimum Gasteiger partial charge on any atom is -0.344 e. The van der Waals surface area contributed by atoms with Crippen molar-refractivity contribution in [1.82, 2.24) is 0 Å². The predicted octanol–water partition coefficient (Wildman–Crippen LogP) is 2.11. The normalized spacial score (nSPS) is 24.1. The van der Waals surface area contributed by atoms with Crippen molar-refractivity contribution in [2.45, 2.75) is 33.0 Å². The van der Waals surface area contributed by atoms with Crippen LogP contribution in [0.1, 0.15) is 27.2 Å². The molecule has 1 fully saturated rings.